The molecule has 116 valence electrons. The molecule has 0 unspecified atom stereocenters. The van der Waals surface area contributed by atoms with Crippen molar-refractivity contribution in [1.29, 1.82) is 0 Å². The standard InChI is InChI=1S/C17H15ClN4O/c18-14-7-2-1-6-13(14)15-11-16(22-21-15)17(23)20-10-8-12-5-3-4-9-19-12/h1-7,9,11H,8,10H2,(H,20,23)(H,21,22). The minimum Gasteiger partial charge on any atom is -0.350 e. The predicted octanol–water partition coefficient (Wildman–Crippen LogP) is 3.10. The number of aromatic amines is 1. The van der Waals surface area contributed by atoms with Crippen molar-refractivity contribution in [1.82, 2.24) is 20.5 Å². The number of nitrogens with one attached hydrogen (secondary N) is 2. The number of amides is 1. The molecule has 1 amide bonds. The molecule has 1 aromatic carbocycles. The lowest BCUT2D eigenvalue weighted by Crippen LogP contribution is -2.26. The Morgan fingerprint density at radius 1 is 1.17 bits per heavy atom. The van der Waals surface area contributed by atoms with Gasteiger partial charge in [-0.15, -0.1) is 0 Å². The van der Waals surface area contributed by atoms with Gasteiger partial charge in [0.2, 0.25) is 0 Å². The summed E-state index contributed by atoms with van der Waals surface area (Å²) in [4.78, 5) is 16.3. The molecule has 23 heavy (non-hydrogen) atoms. The molecule has 2 aromatic heterocycles. The summed E-state index contributed by atoms with van der Waals surface area (Å²) < 4.78 is 0. The van der Waals surface area contributed by atoms with Crippen LogP contribution in [0, 0.1) is 0 Å². The Morgan fingerprint density at radius 3 is 2.78 bits per heavy atom. The number of rotatable bonds is 5. The second kappa shape index (κ2) is 7.07. The van der Waals surface area contributed by atoms with Crippen LogP contribution in [0.2, 0.25) is 5.02 Å². The maximum atomic E-state index is 12.1. The molecule has 0 bridgehead atoms. The van der Waals surface area contributed by atoms with Gasteiger partial charge in [-0.05, 0) is 24.3 Å². The minimum atomic E-state index is -0.202. The zero-order valence-electron chi connectivity index (χ0n) is 12.3. The maximum absolute atomic E-state index is 12.1. The number of benzene rings is 1. The topological polar surface area (TPSA) is 70.7 Å². The Balaban J connectivity index is 1.62. The maximum Gasteiger partial charge on any atom is 0.269 e. The minimum absolute atomic E-state index is 0.202. The highest BCUT2D eigenvalue weighted by atomic mass is 35.5. The normalized spacial score (nSPS) is 10.5. The lowest BCUT2D eigenvalue weighted by molar-refractivity contribution is 0.0949. The lowest BCUT2D eigenvalue weighted by atomic mass is 10.1. The summed E-state index contributed by atoms with van der Waals surface area (Å²) in [6.45, 7) is 0.510. The van der Waals surface area contributed by atoms with E-state index >= 15 is 0 Å². The summed E-state index contributed by atoms with van der Waals surface area (Å²) in [5, 5.41) is 10.3. The van der Waals surface area contributed by atoms with Crippen molar-refractivity contribution in [3.05, 3.63) is 71.1 Å². The highest BCUT2D eigenvalue weighted by Crippen LogP contribution is 2.26. The van der Waals surface area contributed by atoms with Crippen molar-refractivity contribution >= 4 is 17.5 Å². The van der Waals surface area contributed by atoms with Crippen LogP contribution in [0.4, 0.5) is 0 Å². The number of aromatic nitrogens is 3. The van der Waals surface area contributed by atoms with Gasteiger partial charge < -0.3 is 5.32 Å². The molecule has 2 N–H and O–H groups in total. The molecular weight excluding hydrogens is 312 g/mol. The number of hydrogen-bond acceptors (Lipinski definition) is 3. The first kappa shape index (κ1) is 15.2. The van der Waals surface area contributed by atoms with Crippen LogP contribution in [0.25, 0.3) is 11.3 Å². The van der Waals surface area contributed by atoms with Gasteiger partial charge in [0.05, 0.1) is 10.7 Å². The molecule has 5 nitrogen and oxygen atoms in total. The van der Waals surface area contributed by atoms with Crippen molar-refractivity contribution < 1.29 is 4.79 Å². The Morgan fingerprint density at radius 2 is 2.00 bits per heavy atom. The summed E-state index contributed by atoms with van der Waals surface area (Å²) in [6.07, 6.45) is 2.42. The van der Waals surface area contributed by atoms with Crippen LogP contribution in [0.15, 0.2) is 54.7 Å². The molecule has 0 aliphatic heterocycles. The van der Waals surface area contributed by atoms with E-state index in [1.807, 2.05) is 36.4 Å². The highest BCUT2D eigenvalue weighted by Gasteiger charge is 2.12. The lowest BCUT2D eigenvalue weighted by Gasteiger charge is -2.02. The molecule has 0 fully saturated rings. The van der Waals surface area contributed by atoms with Gasteiger partial charge in [-0.1, -0.05) is 35.9 Å². The van der Waals surface area contributed by atoms with Crippen LogP contribution < -0.4 is 5.32 Å². The van der Waals surface area contributed by atoms with E-state index in [0.29, 0.717) is 29.4 Å². The number of carbonyl (C=O) groups is 1. The van der Waals surface area contributed by atoms with E-state index in [9.17, 15) is 4.79 Å². The molecule has 0 saturated carbocycles. The molecule has 0 radical (unpaired) electrons. The third kappa shape index (κ3) is 3.76. The van der Waals surface area contributed by atoms with Crippen molar-refractivity contribution in [2.75, 3.05) is 6.54 Å². The fraction of sp³-hybridized carbons (Fsp3) is 0.118. The number of H-pyrrole nitrogens is 1. The van der Waals surface area contributed by atoms with Crippen LogP contribution in [-0.4, -0.2) is 27.6 Å². The Labute approximate surface area is 138 Å². The van der Waals surface area contributed by atoms with E-state index in [1.165, 1.54) is 0 Å². The molecule has 2 heterocycles. The van der Waals surface area contributed by atoms with Gasteiger partial charge in [0.15, 0.2) is 0 Å². The largest absolute Gasteiger partial charge is 0.350 e. The summed E-state index contributed by atoms with van der Waals surface area (Å²) in [5.74, 6) is -0.202. The van der Waals surface area contributed by atoms with E-state index in [2.05, 4.69) is 20.5 Å². The van der Waals surface area contributed by atoms with Crippen molar-refractivity contribution in [3.8, 4) is 11.3 Å². The third-order valence-electron chi connectivity index (χ3n) is 3.37. The molecule has 0 aliphatic rings. The number of pyridine rings is 1. The van der Waals surface area contributed by atoms with Gasteiger partial charge in [0, 0.05) is 30.4 Å². The first-order valence-corrected chi connectivity index (χ1v) is 7.60. The summed E-state index contributed by atoms with van der Waals surface area (Å²) in [5.41, 5.74) is 2.78. The molecule has 3 aromatic rings. The molecule has 3 rings (SSSR count). The van der Waals surface area contributed by atoms with Gasteiger partial charge in [-0.25, -0.2) is 0 Å². The fourth-order valence-electron chi connectivity index (χ4n) is 2.19. The molecular formula is C17H15ClN4O. The van der Waals surface area contributed by atoms with Crippen LogP contribution in [0.1, 0.15) is 16.2 Å². The molecule has 0 atom stereocenters. The van der Waals surface area contributed by atoms with Gasteiger partial charge in [-0.2, -0.15) is 5.10 Å². The number of nitrogens with zero attached hydrogens (tertiary/aromatic N) is 2. The van der Waals surface area contributed by atoms with E-state index in [0.717, 1.165) is 11.3 Å². The fourth-order valence-corrected chi connectivity index (χ4v) is 2.42. The first-order chi connectivity index (χ1) is 11.2. The average molecular weight is 327 g/mol. The van der Waals surface area contributed by atoms with Crippen molar-refractivity contribution in [2.24, 2.45) is 0 Å². The Kier molecular flexibility index (Phi) is 4.68. The predicted molar refractivity (Wildman–Crippen MR) is 89.3 cm³/mol. The van der Waals surface area contributed by atoms with E-state index in [4.69, 9.17) is 11.6 Å². The second-order valence-electron chi connectivity index (χ2n) is 4.97. The summed E-state index contributed by atoms with van der Waals surface area (Å²) in [6, 6.07) is 14.8. The Bertz CT molecular complexity index is 801. The summed E-state index contributed by atoms with van der Waals surface area (Å²) in [7, 11) is 0. The van der Waals surface area contributed by atoms with Gasteiger partial charge in [0.25, 0.3) is 5.91 Å². The average Bonchev–Trinajstić information content (AvgIpc) is 3.06. The second-order valence-corrected chi connectivity index (χ2v) is 5.38. The van der Waals surface area contributed by atoms with E-state index in [1.54, 1.807) is 18.3 Å². The first-order valence-electron chi connectivity index (χ1n) is 7.22. The zero-order chi connectivity index (χ0) is 16.1. The van der Waals surface area contributed by atoms with Crippen LogP contribution >= 0.6 is 11.6 Å². The smallest absolute Gasteiger partial charge is 0.269 e. The van der Waals surface area contributed by atoms with Crippen molar-refractivity contribution in [2.45, 2.75) is 6.42 Å². The number of halogens is 1. The van der Waals surface area contributed by atoms with Crippen LogP contribution in [0.5, 0.6) is 0 Å². The number of carbonyl (C=O) groups excluding carboxylic acids is 1. The molecule has 6 heteroatoms. The quantitative estimate of drug-likeness (QED) is 0.757. The van der Waals surface area contributed by atoms with Gasteiger partial charge >= 0.3 is 0 Å². The molecule has 0 spiro atoms. The summed E-state index contributed by atoms with van der Waals surface area (Å²) >= 11 is 6.14. The van der Waals surface area contributed by atoms with Crippen LogP contribution in [0.3, 0.4) is 0 Å². The third-order valence-corrected chi connectivity index (χ3v) is 3.69. The van der Waals surface area contributed by atoms with E-state index < -0.39 is 0 Å². The monoisotopic (exact) mass is 326 g/mol. The molecule has 0 aliphatic carbocycles. The number of hydrogen-bond donors (Lipinski definition) is 2. The van der Waals surface area contributed by atoms with Gasteiger partial charge in [0.1, 0.15) is 5.69 Å². The van der Waals surface area contributed by atoms with Crippen molar-refractivity contribution in [3.63, 3.8) is 0 Å². The SMILES string of the molecule is O=C(NCCc1ccccn1)c1cc(-c2ccccc2Cl)n[nH]1. The van der Waals surface area contributed by atoms with E-state index in [-0.39, 0.29) is 5.91 Å². The zero-order valence-corrected chi connectivity index (χ0v) is 13.0. The van der Waals surface area contributed by atoms with Gasteiger partial charge in [-0.3, -0.25) is 14.9 Å². The van der Waals surface area contributed by atoms with Crippen LogP contribution in [-0.2, 0) is 6.42 Å². The molecule has 0 saturated heterocycles. The Hall–Kier alpha value is -2.66. The highest BCUT2D eigenvalue weighted by molar-refractivity contribution is 6.33.